The number of fused-ring (bicyclic) bond motifs is 6. The van der Waals surface area contributed by atoms with Gasteiger partial charge in [-0.25, -0.2) is 4.68 Å². The lowest BCUT2D eigenvalue weighted by Crippen LogP contribution is -2.64. The van der Waals surface area contributed by atoms with Crippen molar-refractivity contribution in [2.24, 2.45) is 17.5 Å². The van der Waals surface area contributed by atoms with Gasteiger partial charge in [0.2, 0.25) is 0 Å². The van der Waals surface area contributed by atoms with E-state index in [2.05, 4.69) is 53.1 Å². The van der Waals surface area contributed by atoms with Crippen LogP contribution in [0.1, 0.15) is 54.2 Å². The smallest absolute Gasteiger partial charge is 0.254 e. The van der Waals surface area contributed by atoms with Crippen LogP contribution in [0.5, 0.6) is 0 Å². The lowest BCUT2D eigenvalue weighted by molar-refractivity contribution is -0.0261. The van der Waals surface area contributed by atoms with E-state index in [1.165, 1.54) is 11.1 Å². The van der Waals surface area contributed by atoms with Crippen molar-refractivity contribution in [1.82, 2.24) is 19.9 Å². The van der Waals surface area contributed by atoms with E-state index in [1.54, 1.807) is 0 Å². The molecule has 31 heavy (non-hydrogen) atoms. The van der Waals surface area contributed by atoms with Crippen LogP contribution in [0.4, 0.5) is 5.69 Å². The number of hydrogen-bond donors (Lipinski definition) is 0. The zero-order valence-electron chi connectivity index (χ0n) is 18.5. The van der Waals surface area contributed by atoms with Gasteiger partial charge in [-0.15, -0.1) is 5.10 Å². The number of amides is 1. The molecule has 2 atom stereocenters. The Morgan fingerprint density at radius 2 is 1.97 bits per heavy atom. The van der Waals surface area contributed by atoms with Crippen LogP contribution in [0.3, 0.4) is 0 Å². The van der Waals surface area contributed by atoms with Crippen molar-refractivity contribution in [3.8, 4) is 0 Å². The normalized spacial score (nSPS) is 25.5. The average Bonchev–Trinajstić information content (AvgIpc) is 3.35. The zero-order valence-corrected chi connectivity index (χ0v) is 18.5. The van der Waals surface area contributed by atoms with Gasteiger partial charge in [0.1, 0.15) is 5.52 Å². The summed E-state index contributed by atoms with van der Waals surface area (Å²) in [6.07, 6.45) is 4.52. The number of likely N-dealkylation sites (tertiary alicyclic amines) is 1. The summed E-state index contributed by atoms with van der Waals surface area (Å²) in [6, 6.07) is 10.6. The molecular weight excluding hydrogens is 386 g/mol. The van der Waals surface area contributed by atoms with E-state index in [4.69, 9.17) is 0 Å². The Labute approximate surface area is 182 Å². The standard InChI is InChI=1S/C25H27N5O/c1-24(2)22-13-17-12-20-21(29(4)28-27-20)14-18(17)25(24,3)8-10-30(22)23(31)16-5-6-19-15(11-16)7-9-26-19/h5-6,9,11-12,14,22H,7-8,10,13H2,1-4H3/t22-,25+/m1/s1. The van der Waals surface area contributed by atoms with Crippen molar-refractivity contribution in [1.29, 1.82) is 0 Å². The maximum atomic E-state index is 13.7. The van der Waals surface area contributed by atoms with Gasteiger partial charge in [0.25, 0.3) is 5.91 Å². The van der Waals surface area contributed by atoms with Gasteiger partial charge >= 0.3 is 0 Å². The summed E-state index contributed by atoms with van der Waals surface area (Å²) in [6.45, 7) is 7.82. The van der Waals surface area contributed by atoms with Crippen molar-refractivity contribution >= 4 is 28.8 Å². The first-order valence-corrected chi connectivity index (χ1v) is 11.1. The van der Waals surface area contributed by atoms with Crippen molar-refractivity contribution in [3.63, 3.8) is 0 Å². The largest absolute Gasteiger partial charge is 0.335 e. The summed E-state index contributed by atoms with van der Waals surface area (Å²) < 4.78 is 1.86. The zero-order chi connectivity index (χ0) is 21.5. The minimum Gasteiger partial charge on any atom is -0.335 e. The highest BCUT2D eigenvalue weighted by molar-refractivity contribution is 5.96. The van der Waals surface area contributed by atoms with E-state index in [1.807, 2.05) is 36.1 Å². The van der Waals surface area contributed by atoms with Gasteiger partial charge in [-0.3, -0.25) is 9.79 Å². The van der Waals surface area contributed by atoms with Crippen molar-refractivity contribution in [2.75, 3.05) is 6.54 Å². The van der Waals surface area contributed by atoms with Crippen LogP contribution >= 0.6 is 0 Å². The summed E-state index contributed by atoms with van der Waals surface area (Å²) in [4.78, 5) is 20.2. The Hall–Kier alpha value is -3.02. The van der Waals surface area contributed by atoms with Crippen LogP contribution in [0.2, 0.25) is 0 Å². The van der Waals surface area contributed by atoms with Gasteiger partial charge < -0.3 is 4.90 Å². The molecule has 0 radical (unpaired) electrons. The third kappa shape index (κ3) is 2.39. The molecule has 1 fully saturated rings. The second-order valence-corrected chi connectivity index (χ2v) is 10.1. The predicted molar refractivity (Wildman–Crippen MR) is 121 cm³/mol. The average molecular weight is 414 g/mol. The quantitative estimate of drug-likeness (QED) is 0.606. The van der Waals surface area contributed by atoms with Gasteiger partial charge in [-0.05, 0) is 65.3 Å². The maximum absolute atomic E-state index is 13.7. The number of aromatic nitrogens is 3. The molecule has 3 heterocycles. The maximum Gasteiger partial charge on any atom is 0.254 e. The predicted octanol–water partition coefficient (Wildman–Crippen LogP) is 3.98. The van der Waals surface area contributed by atoms with E-state index >= 15 is 0 Å². The van der Waals surface area contributed by atoms with Crippen LogP contribution in [-0.4, -0.2) is 44.6 Å². The molecule has 1 aliphatic carbocycles. The van der Waals surface area contributed by atoms with E-state index < -0.39 is 0 Å². The van der Waals surface area contributed by atoms with Gasteiger partial charge in [-0.1, -0.05) is 26.0 Å². The number of aryl methyl sites for hydroxylation is 1. The summed E-state index contributed by atoms with van der Waals surface area (Å²) in [7, 11) is 1.95. The number of nitrogens with zero attached hydrogens (tertiary/aromatic N) is 5. The topological polar surface area (TPSA) is 63.4 Å². The number of hydrogen-bond acceptors (Lipinski definition) is 4. The first-order chi connectivity index (χ1) is 14.8. The second kappa shape index (κ2) is 6.02. The summed E-state index contributed by atoms with van der Waals surface area (Å²) >= 11 is 0. The number of rotatable bonds is 1. The SMILES string of the molecule is Cn1nnc2cc3c(cc21)[C@]1(C)CCN(C(=O)c2ccc4c(c2)CC=N4)[C@H](C3)C1(C)C. The third-order valence-electron chi connectivity index (χ3n) is 8.46. The molecule has 2 bridgehead atoms. The molecular formula is C25H27N5O. The van der Waals surface area contributed by atoms with Gasteiger partial charge in [0, 0.05) is 43.2 Å². The number of carbonyl (C=O) groups is 1. The number of carbonyl (C=O) groups excluding carboxylic acids is 1. The molecule has 2 aromatic carbocycles. The molecule has 1 amide bonds. The molecule has 0 spiro atoms. The fourth-order valence-electron chi connectivity index (χ4n) is 6.10. The number of aliphatic imine (C=N–C) groups is 1. The highest BCUT2D eigenvalue weighted by atomic mass is 16.2. The third-order valence-corrected chi connectivity index (χ3v) is 8.46. The van der Waals surface area contributed by atoms with Gasteiger partial charge in [0.05, 0.1) is 11.2 Å². The molecule has 158 valence electrons. The molecule has 1 saturated heterocycles. The fraction of sp³-hybridized carbons (Fsp3) is 0.440. The lowest BCUT2D eigenvalue weighted by Gasteiger charge is -2.60. The van der Waals surface area contributed by atoms with Crippen LogP contribution in [0.15, 0.2) is 35.3 Å². The van der Waals surface area contributed by atoms with Crippen LogP contribution in [0, 0.1) is 5.41 Å². The summed E-state index contributed by atoms with van der Waals surface area (Å²) in [5, 5.41) is 8.55. The first-order valence-electron chi connectivity index (χ1n) is 11.1. The van der Waals surface area contributed by atoms with Crippen LogP contribution < -0.4 is 0 Å². The number of benzene rings is 2. The fourth-order valence-corrected chi connectivity index (χ4v) is 6.10. The lowest BCUT2D eigenvalue weighted by atomic mass is 9.51. The monoisotopic (exact) mass is 413 g/mol. The molecule has 0 N–H and O–H groups in total. The van der Waals surface area contributed by atoms with Crippen LogP contribution in [0.25, 0.3) is 11.0 Å². The molecule has 3 aromatic rings. The molecule has 6 rings (SSSR count). The first kappa shape index (κ1) is 18.7. The minimum absolute atomic E-state index is 0.00767. The Balaban J connectivity index is 1.43. The van der Waals surface area contributed by atoms with E-state index in [-0.39, 0.29) is 22.8 Å². The molecule has 6 heteroatoms. The van der Waals surface area contributed by atoms with Crippen molar-refractivity contribution in [3.05, 3.63) is 52.6 Å². The van der Waals surface area contributed by atoms with Gasteiger partial charge in [-0.2, -0.15) is 0 Å². The van der Waals surface area contributed by atoms with E-state index in [9.17, 15) is 4.79 Å². The Morgan fingerprint density at radius 1 is 1.13 bits per heavy atom. The number of piperidine rings is 1. The highest BCUT2D eigenvalue weighted by Gasteiger charge is 2.57. The Kier molecular flexibility index (Phi) is 3.64. The molecule has 3 aliphatic rings. The van der Waals surface area contributed by atoms with Crippen LogP contribution in [-0.2, 0) is 25.3 Å². The minimum atomic E-state index is -0.0482. The van der Waals surface area contributed by atoms with Gasteiger partial charge in [0.15, 0.2) is 0 Å². The Bertz CT molecular complexity index is 1290. The van der Waals surface area contributed by atoms with Crippen molar-refractivity contribution in [2.45, 2.75) is 51.5 Å². The highest BCUT2D eigenvalue weighted by Crippen LogP contribution is 2.56. The molecule has 6 nitrogen and oxygen atoms in total. The molecule has 1 aromatic heterocycles. The summed E-state index contributed by atoms with van der Waals surface area (Å²) in [5.74, 6) is 0.138. The summed E-state index contributed by atoms with van der Waals surface area (Å²) in [5.41, 5.74) is 7.56. The van der Waals surface area contributed by atoms with E-state index in [0.717, 1.165) is 53.7 Å². The molecule has 0 unspecified atom stereocenters. The molecule has 0 saturated carbocycles. The van der Waals surface area contributed by atoms with E-state index in [0.29, 0.717) is 0 Å². The second-order valence-electron chi connectivity index (χ2n) is 10.1. The Morgan fingerprint density at radius 3 is 2.81 bits per heavy atom. The van der Waals surface area contributed by atoms with Crippen molar-refractivity contribution < 1.29 is 4.79 Å². The molecule has 2 aliphatic heterocycles.